The van der Waals surface area contributed by atoms with Gasteiger partial charge in [0.25, 0.3) is 14.7 Å². The van der Waals surface area contributed by atoms with Crippen molar-refractivity contribution in [1.82, 2.24) is 0 Å². The molecule has 0 atom stereocenters. The molecule has 0 bridgehead atoms. The first kappa shape index (κ1) is 11.8. The Morgan fingerprint density at radius 1 is 1.12 bits per heavy atom. The van der Waals surface area contributed by atoms with Crippen LogP contribution in [-0.2, 0) is 9.05 Å². The molecule has 88 valence electrons. The zero-order chi connectivity index (χ0) is 12.6. The smallest absolute Gasteiger partial charge is 0.258 e. The summed E-state index contributed by atoms with van der Waals surface area (Å²) in [5, 5.41) is 11.6. The van der Waals surface area contributed by atoms with Crippen LogP contribution in [0.2, 0.25) is 0 Å². The van der Waals surface area contributed by atoms with Crippen molar-refractivity contribution in [2.45, 2.75) is 4.90 Å². The van der Waals surface area contributed by atoms with E-state index in [2.05, 4.69) is 0 Å². The van der Waals surface area contributed by atoms with Crippen LogP contribution in [-0.4, -0.2) is 13.3 Å². The minimum Gasteiger partial charge on any atom is -0.258 e. The van der Waals surface area contributed by atoms with Gasteiger partial charge in [0, 0.05) is 22.1 Å². The van der Waals surface area contributed by atoms with E-state index in [9.17, 15) is 18.5 Å². The maximum atomic E-state index is 11.4. The van der Waals surface area contributed by atoms with E-state index in [4.69, 9.17) is 10.7 Å². The molecule has 0 saturated carbocycles. The summed E-state index contributed by atoms with van der Waals surface area (Å²) in [6.07, 6.45) is 0. The summed E-state index contributed by atoms with van der Waals surface area (Å²) in [6.45, 7) is 0. The van der Waals surface area contributed by atoms with Crippen LogP contribution >= 0.6 is 10.7 Å². The average molecular weight is 272 g/mol. The summed E-state index contributed by atoms with van der Waals surface area (Å²) in [7, 11) is 1.08. The van der Waals surface area contributed by atoms with Crippen molar-refractivity contribution in [1.29, 1.82) is 0 Å². The second-order valence-electron chi connectivity index (χ2n) is 3.33. The highest BCUT2D eigenvalue weighted by Gasteiger charge is 2.26. The molecule has 0 spiro atoms. The lowest BCUT2D eigenvalue weighted by Gasteiger charge is -2.04. The van der Waals surface area contributed by atoms with Crippen molar-refractivity contribution >= 4 is 36.2 Å². The number of nitro groups is 1. The first-order valence-corrected chi connectivity index (χ1v) is 6.83. The van der Waals surface area contributed by atoms with E-state index >= 15 is 0 Å². The second kappa shape index (κ2) is 3.97. The van der Waals surface area contributed by atoms with Gasteiger partial charge in [-0.1, -0.05) is 24.3 Å². The first-order valence-electron chi connectivity index (χ1n) is 4.52. The van der Waals surface area contributed by atoms with Crippen LogP contribution in [0, 0.1) is 10.1 Å². The molecule has 0 unspecified atom stereocenters. The number of hydrogen-bond acceptors (Lipinski definition) is 4. The Labute approximate surface area is 101 Å². The van der Waals surface area contributed by atoms with E-state index in [1.807, 2.05) is 0 Å². The number of hydrogen-bond donors (Lipinski definition) is 0. The highest BCUT2D eigenvalue weighted by atomic mass is 35.7. The highest BCUT2D eigenvalue weighted by Crippen LogP contribution is 2.33. The largest absolute Gasteiger partial charge is 0.289 e. The molecule has 0 aromatic heterocycles. The predicted molar refractivity (Wildman–Crippen MR) is 63.6 cm³/mol. The van der Waals surface area contributed by atoms with Crippen LogP contribution in [0.25, 0.3) is 10.8 Å². The molecule has 0 aliphatic heterocycles. The zero-order valence-electron chi connectivity index (χ0n) is 8.33. The fourth-order valence-corrected chi connectivity index (χ4v) is 2.96. The molecule has 0 heterocycles. The molecule has 0 N–H and O–H groups in total. The lowest BCUT2D eigenvalue weighted by Crippen LogP contribution is -1.99. The van der Waals surface area contributed by atoms with E-state index in [1.54, 1.807) is 18.2 Å². The summed E-state index contributed by atoms with van der Waals surface area (Å²) in [4.78, 5) is 9.58. The molecule has 2 rings (SSSR count). The molecule has 0 aliphatic rings. The van der Waals surface area contributed by atoms with Crippen molar-refractivity contribution in [3.8, 4) is 0 Å². The van der Waals surface area contributed by atoms with Crippen LogP contribution in [0.4, 0.5) is 5.69 Å². The van der Waals surface area contributed by atoms with Crippen LogP contribution in [0.15, 0.2) is 41.3 Å². The molecule has 0 radical (unpaired) electrons. The quantitative estimate of drug-likeness (QED) is 0.478. The molecule has 7 heteroatoms. The number of rotatable bonds is 2. The third kappa shape index (κ3) is 2.09. The average Bonchev–Trinajstić information content (AvgIpc) is 2.26. The summed E-state index contributed by atoms with van der Waals surface area (Å²) < 4.78 is 22.9. The topological polar surface area (TPSA) is 77.3 Å². The van der Waals surface area contributed by atoms with Gasteiger partial charge in [-0.05, 0) is 11.5 Å². The minimum absolute atomic E-state index is 0.247. The first-order chi connectivity index (χ1) is 7.91. The fraction of sp³-hybridized carbons (Fsp3) is 0. The maximum absolute atomic E-state index is 11.4. The minimum atomic E-state index is -4.17. The SMILES string of the molecule is O=[N+]([O-])c1ccc2ccccc2c1S(=O)(=O)Cl. The normalized spacial score (nSPS) is 11.6. The van der Waals surface area contributed by atoms with E-state index in [0.29, 0.717) is 5.39 Å². The van der Waals surface area contributed by atoms with Gasteiger partial charge in [-0.3, -0.25) is 10.1 Å². The second-order valence-corrected chi connectivity index (χ2v) is 5.83. The number of fused-ring (bicyclic) bond motifs is 1. The van der Waals surface area contributed by atoms with Gasteiger partial charge in [-0.25, -0.2) is 8.42 Å². The standard InChI is InChI=1S/C10H6ClNO4S/c11-17(15,16)10-8-4-2-1-3-7(8)5-6-9(10)12(13)14/h1-6H. The number of benzene rings is 2. The lowest BCUT2D eigenvalue weighted by atomic mass is 10.1. The molecule has 0 amide bonds. The van der Waals surface area contributed by atoms with E-state index in [0.717, 1.165) is 6.07 Å². The summed E-state index contributed by atoms with van der Waals surface area (Å²) >= 11 is 0. The molecule has 0 saturated heterocycles. The number of nitro benzene ring substituents is 1. The Morgan fingerprint density at radius 3 is 2.35 bits per heavy atom. The van der Waals surface area contributed by atoms with Gasteiger partial charge < -0.3 is 0 Å². The van der Waals surface area contributed by atoms with Gasteiger partial charge in [-0.2, -0.15) is 0 Å². The molecule has 2 aromatic carbocycles. The fourth-order valence-electron chi connectivity index (χ4n) is 1.63. The predicted octanol–water partition coefficient (Wildman–Crippen LogP) is 2.68. The summed E-state index contributed by atoms with van der Waals surface area (Å²) in [5.74, 6) is 0. The molecule has 5 nitrogen and oxygen atoms in total. The Morgan fingerprint density at radius 2 is 1.76 bits per heavy atom. The molecular formula is C10H6ClNO4S. The number of halogens is 1. The van der Waals surface area contributed by atoms with E-state index in [1.165, 1.54) is 12.1 Å². The van der Waals surface area contributed by atoms with Gasteiger partial charge in [0.15, 0.2) is 4.90 Å². The highest BCUT2D eigenvalue weighted by molar-refractivity contribution is 8.14. The molecule has 0 aliphatic carbocycles. The van der Waals surface area contributed by atoms with Crippen molar-refractivity contribution in [2.24, 2.45) is 0 Å². The van der Waals surface area contributed by atoms with Crippen molar-refractivity contribution in [3.63, 3.8) is 0 Å². The molecule has 0 fully saturated rings. The lowest BCUT2D eigenvalue weighted by molar-refractivity contribution is -0.387. The molecular weight excluding hydrogens is 266 g/mol. The van der Waals surface area contributed by atoms with Crippen LogP contribution < -0.4 is 0 Å². The third-order valence-corrected chi connectivity index (χ3v) is 3.68. The van der Waals surface area contributed by atoms with Gasteiger partial charge in [0.2, 0.25) is 0 Å². The van der Waals surface area contributed by atoms with Crippen LogP contribution in [0.5, 0.6) is 0 Å². The van der Waals surface area contributed by atoms with Crippen molar-refractivity contribution < 1.29 is 13.3 Å². The maximum Gasteiger partial charge on any atom is 0.289 e. The third-order valence-electron chi connectivity index (χ3n) is 2.30. The van der Waals surface area contributed by atoms with Gasteiger partial charge in [0.1, 0.15) is 0 Å². The van der Waals surface area contributed by atoms with Crippen LogP contribution in [0.3, 0.4) is 0 Å². The molecule has 2 aromatic rings. The zero-order valence-corrected chi connectivity index (χ0v) is 9.90. The van der Waals surface area contributed by atoms with Crippen LogP contribution in [0.1, 0.15) is 0 Å². The Hall–Kier alpha value is -1.66. The summed E-state index contributed by atoms with van der Waals surface area (Å²) in [5.41, 5.74) is -0.515. The Balaban J connectivity index is 3.00. The Bertz CT molecular complexity index is 711. The van der Waals surface area contributed by atoms with Crippen molar-refractivity contribution in [3.05, 3.63) is 46.5 Å². The van der Waals surface area contributed by atoms with Gasteiger partial charge in [-0.15, -0.1) is 0 Å². The molecule has 17 heavy (non-hydrogen) atoms. The van der Waals surface area contributed by atoms with Crippen molar-refractivity contribution in [2.75, 3.05) is 0 Å². The monoisotopic (exact) mass is 271 g/mol. The van der Waals surface area contributed by atoms with E-state index < -0.39 is 24.6 Å². The Kier molecular flexibility index (Phi) is 2.76. The number of nitrogens with zero attached hydrogens (tertiary/aromatic N) is 1. The van der Waals surface area contributed by atoms with Gasteiger partial charge in [0.05, 0.1) is 4.92 Å². The summed E-state index contributed by atoms with van der Waals surface area (Å²) in [6, 6.07) is 9.06. The van der Waals surface area contributed by atoms with E-state index in [-0.39, 0.29) is 5.39 Å². The van der Waals surface area contributed by atoms with Gasteiger partial charge >= 0.3 is 0 Å².